The Morgan fingerprint density at radius 2 is 1.53 bits per heavy atom. The predicted octanol–water partition coefficient (Wildman–Crippen LogP) is -1.81. The third-order valence-electron chi connectivity index (χ3n) is 2.02. The van der Waals surface area contributed by atoms with Crippen molar-refractivity contribution in [3.63, 3.8) is 0 Å². The highest BCUT2D eigenvalue weighted by atomic mass is 16.3. The van der Waals surface area contributed by atoms with Crippen molar-refractivity contribution in [2.45, 2.75) is 25.3 Å². The van der Waals surface area contributed by atoms with E-state index in [9.17, 15) is 9.59 Å². The Bertz CT molecular complexity index is 216. The Balaban J connectivity index is 4.17. The van der Waals surface area contributed by atoms with E-state index in [4.69, 9.17) is 15.3 Å². The fourth-order valence-electron chi connectivity index (χ4n) is 0.916. The van der Waals surface area contributed by atoms with Crippen LogP contribution in [-0.2, 0) is 9.59 Å². The maximum atomic E-state index is 11.2. The van der Waals surface area contributed by atoms with Gasteiger partial charge in [-0.25, -0.2) is 0 Å². The van der Waals surface area contributed by atoms with Gasteiger partial charge >= 0.3 is 0 Å². The van der Waals surface area contributed by atoms with Crippen LogP contribution in [0.1, 0.15) is 19.8 Å². The van der Waals surface area contributed by atoms with Crippen molar-refractivity contribution in [1.82, 2.24) is 5.32 Å². The summed E-state index contributed by atoms with van der Waals surface area (Å²) in [6, 6.07) is 0. The lowest BCUT2D eigenvalue weighted by atomic mass is 10.0. The van der Waals surface area contributed by atoms with E-state index >= 15 is 0 Å². The molecule has 0 radical (unpaired) electrons. The minimum atomic E-state index is -1.41. The molecular formula is C9H17NO5. The Morgan fingerprint density at radius 1 is 1.07 bits per heavy atom. The minimum Gasteiger partial charge on any atom is -0.394 e. The van der Waals surface area contributed by atoms with E-state index in [1.165, 1.54) is 6.92 Å². The van der Waals surface area contributed by atoms with E-state index < -0.39 is 31.3 Å². The molecule has 0 bridgehead atoms. The number of carbonyl (C=O) groups excluding carboxylic acids is 2. The molecule has 0 aliphatic carbocycles. The van der Waals surface area contributed by atoms with Crippen LogP contribution in [-0.4, -0.2) is 52.4 Å². The van der Waals surface area contributed by atoms with Gasteiger partial charge in [-0.2, -0.15) is 0 Å². The standard InChI is InChI=1S/C9H17NO5/c1-7(14)2-3-8(15)10-9(4-11,5-12)6-13/h11-13H,2-6H2,1H3,(H,10,15). The Labute approximate surface area is 87.9 Å². The zero-order chi connectivity index (χ0) is 11.9. The lowest BCUT2D eigenvalue weighted by Gasteiger charge is -2.28. The summed E-state index contributed by atoms with van der Waals surface area (Å²) in [5, 5.41) is 29.0. The number of Topliss-reactive ketones (excluding diaryl/α,β-unsaturated/α-hetero) is 1. The van der Waals surface area contributed by atoms with E-state index in [-0.39, 0.29) is 18.6 Å². The van der Waals surface area contributed by atoms with Gasteiger partial charge in [-0.3, -0.25) is 4.79 Å². The highest BCUT2D eigenvalue weighted by Gasteiger charge is 2.29. The number of hydrogen-bond acceptors (Lipinski definition) is 5. The van der Waals surface area contributed by atoms with Crippen LogP contribution in [0.4, 0.5) is 0 Å². The normalized spacial score (nSPS) is 11.2. The monoisotopic (exact) mass is 219 g/mol. The predicted molar refractivity (Wildman–Crippen MR) is 52.0 cm³/mol. The lowest BCUT2D eigenvalue weighted by Crippen LogP contribution is -2.57. The summed E-state index contributed by atoms with van der Waals surface area (Å²) < 4.78 is 0. The van der Waals surface area contributed by atoms with E-state index in [0.717, 1.165) is 0 Å². The first kappa shape index (κ1) is 14.0. The molecule has 6 nitrogen and oxygen atoms in total. The molecule has 0 unspecified atom stereocenters. The zero-order valence-electron chi connectivity index (χ0n) is 8.69. The molecule has 0 aromatic heterocycles. The molecule has 0 fully saturated rings. The van der Waals surface area contributed by atoms with Gasteiger partial charge in [0.15, 0.2) is 0 Å². The number of aliphatic hydroxyl groups is 3. The fraction of sp³-hybridized carbons (Fsp3) is 0.778. The van der Waals surface area contributed by atoms with Crippen molar-refractivity contribution in [1.29, 1.82) is 0 Å². The van der Waals surface area contributed by atoms with Crippen molar-refractivity contribution in [3.05, 3.63) is 0 Å². The molecule has 6 heteroatoms. The van der Waals surface area contributed by atoms with Gasteiger partial charge in [0.1, 0.15) is 11.3 Å². The quantitative estimate of drug-likeness (QED) is 0.403. The SMILES string of the molecule is CC(=O)CCC(=O)NC(CO)(CO)CO. The molecule has 4 N–H and O–H groups in total. The molecule has 0 saturated heterocycles. The van der Waals surface area contributed by atoms with Crippen molar-refractivity contribution < 1.29 is 24.9 Å². The summed E-state index contributed by atoms with van der Waals surface area (Å²) in [5.74, 6) is -0.602. The highest BCUT2D eigenvalue weighted by Crippen LogP contribution is 2.03. The minimum absolute atomic E-state index is 0.0168. The van der Waals surface area contributed by atoms with Crippen LogP contribution < -0.4 is 5.32 Å². The van der Waals surface area contributed by atoms with Crippen LogP contribution in [0, 0.1) is 0 Å². The summed E-state index contributed by atoms with van der Waals surface area (Å²) >= 11 is 0. The molecule has 88 valence electrons. The molecule has 0 aliphatic heterocycles. The van der Waals surface area contributed by atoms with Gasteiger partial charge in [0.25, 0.3) is 0 Å². The van der Waals surface area contributed by atoms with Crippen LogP contribution in [0.3, 0.4) is 0 Å². The summed E-state index contributed by atoms with van der Waals surface area (Å²) in [7, 11) is 0. The van der Waals surface area contributed by atoms with Gasteiger partial charge < -0.3 is 25.4 Å². The number of aliphatic hydroxyl groups excluding tert-OH is 3. The molecule has 0 atom stereocenters. The molecule has 0 aliphatic rings. The summed E-state index contributed by atoms with van der Waals surface area (Å²) in [6.45, 7) is -0.325. The second-order valence-corrected chi connectivity index (χ2v) is 3.50. The maximum absolute atomic E-state index is 11.2. The third-order valence-corrected chi connectivity index (χ3v) is 2.02. The van der Waals surface area contributed by atoms with Gasteiger partial charge in [-0.1, -0.05) is 0 Å². The van der Waals surface area contributed by atoms with Crippen LogP contribution in [0.25, 0.3) is 0 Å². The number of amides is 1. The molecule has 0 saturated carbocycles. The van der Waals surface area contributed by atoms with E-state index in [0.29, 0.717) is 0 Å². The average molecular weight is 219 g/mol. The Morgan fingerprint density at radius 3 is 1.87 bits per heavy atom. The molecule has 1 amide bonds. The number of hydrogen-bond donors (Lipinski definition) is 4. The average Bonchev–Trinajstić information content (AvgIpc) is 2.23. The molecular weight excluding hydrogens is 202 g/mol. The van der Waals surface area contributed by atoms with Gasteiger partial charge in [0, 0.05) is 12.8 Å². The zero-order valence-corrected chi connectivity index (χ0v) is 8.69. The van der Waals surface area contributed by atoms with Crippen molar-refractivity contribution in [2.24, 2.45) is 0 Å². The molecule has 0 spiro atoms. The van der Waals surface area contributed by atoms with Crippen LogP contribution in [0.5, 0.6) is 0 Å². The number of nitrogens with one attached hydrogen (secondary N) is 1. The number of carbonyl (C=O) groups is 2. The van der Waals surface area contributed by atoms with Crippen molar-refractivity contribution >= 4 is 11.7 Å². The van der Waals surface area contributed by atoms with Gasteiger partial charge in [0.05, 0.1) is 19.8 Å². The highest BCUT2D eigenvalue weighted by molar-refractivity contribution is 5.83. The van der Waals surface area contributed by atoms with Crippen molar-refractivity contribution in [2.75, 3.05) is 19.8 Å². The second-order valence-electron chi connectivity index (χ2n) is 3.50. The second kappa shape index (κ2) is 6.49. The summed E-state index contributed by atoms with van der Waals surface area (Å²) in [4.78, 5) is 21.8. The number of ketones is 1. The first-order valence-corrected chi connectivity index (χ1v) is 4.62. The van der Waals surface area contributed by atoms with Crippen LogP contribution in [0.15, 0.2) is 0 Å². The molecule has 0 rings (SSSR count). The Kier molecular flexibility index (Phi) is 6.07. The largest absolute Gasteiger partial charge is 0.394 e. The van der Waals surface area contributed by atoms with E-state index in [1.54, 1.807) is 0 Å². The van der Waals surface area contributed by atoms with Gasteiger partial charge in [-0.15, -0.1) is 0 Å². The topological polar surface area (TPSA) is 107 Å². The van der Waals surface area contributed by atoms with Crippen molar-refractivity contribution in [3.8, 4) is 0 Å². The molecule has 15 heavy (non-hydrogen) atoms. The first-order valence-electron chi connectivity index (χ1n) is 4.62. The smallest absolute Gasteiger partial charge is 0.221 e. The van der Waals surface area contributed by atoms with Gasteiger partial charge in [-0.05, 0) is 6.92 Å². The summed E-state index contributed by atoms with van der Waals surface area (Å²) in [5.41, 5.74) is -1.41. The summed E-state index contributed by atoms with van der Waals surface area (Å²) in [6.07, 6.45) is 0.0846. The third kappa shape index (κ3) is 4.87. The fourth-order valence-corrected chi connectivity index (χ4v) is 0.916. The Hall–Kier alpha value is -0.980. The van der Waals surface area contributed by atoms with Crippen LogP contribution >= 0.6 is 0 Å². The molecule has 0 aromatic carbocycles. The lowest BCUT2D eigenvalue weighted by molar-refractivity contribution is -0.127. The molecule has 0 aromatic rings. The number of rotatable bonds is 7. The van der Waals surface area contributed by atoms with Crippen LogP contribution in [0.2, 0.25) is 0 Å². The van der Waals surface area contributed by atoms with Gasteiger partial charge in [0.2, 0.25) is 5.91 Å². The maximum Gasteiger partial charge on any atom is 0.221 e. The van der Waals surface area contributed by atoms with E-state index in [2.05, 4.69) is 5.32 Å². The van der Waals surface area contributed by atoms with E-state index in [1.807, 2.05) is 0 Å². The molecule has 0 heterocycles. The first-order chi connectivity index (χ1) is 6.99.